The lowest BCUT2D eigenvalue weighted by molar-refractivity contribution is 0.116. The minimum Gasteiger partial charge on any atom is -0.623 e. The molecular weight excluding hydrogens is 406 g/mol. The second-order valence-corrected chi connectivity index (χ2v) is 9.79. The quantitative estimate of drug-likeness (QED) is 0.222. The number of hydrogen-bond donors (Lipinski definition) is 0. The topological polar surface area (TPSA) is 55.3 Å². The molecule has 0 N–H and O–H groups in total. The van der Waals surface area contributed by atoms with Gasteiger partial charge in [0.1, 0.15) is 11.7 Å². The number of quaternary nitrogens is 1. The molecule has 2 atom stereocenters. The van der Waals surface area contributed by atoms with Crippen molar-refractivity contribution in [2.45, 2.75) is 64.6 Å². The molecule has 4 rings (SSSR count). The van der Waals surface area contributed by atoms with E-state index < -0.39 is 4.65 Å². The molecule has 1 aromatic heterocycles. The second kappa shape index (κ2) is 10.3. The molecule has 0 spiro atoms. The third kappa shape index (κ3) is 5.07. The molecule has 1 aromatic carbocycles. The highest BCUT2D eigenvalue weighted by Gasteiger charge is 2.46. The average molecular weight is 442 g/mol. The monoisotopic (exact) mass is 441 g/mol. The Hall–Kier alpha value is -1.64. The zero-order valence-electron chi connectivity index (χ0n) is 18.8. The molecular formula is C24H35N5OS. The first kappa shape index (κ1) is 22.6. The predicted octanol–water partition coefficient (Wildman–Crippen LogP) is 5.09. The van der Waals surface area contributed by atoms with Crippen LogP contribution < -0.4 is 4.65 Å². The summed E-state index contributed by atoms with van der Waals surface area (Å²) in [5.41, 5.74) is 1.25. The van der Waals surface area contributed by atoms with Gasteiger partial charge in [-0.2, -0.15) is 0 Å². The maximum Gasteiger partial charge on any atom is 0.309 e. The van der Waals surface area contributed by atoms with Crippen molar-refractivity contribution in [1.82, 2.24) is 24.6 Å². The van der Waals surface area contributed by atoms with Crippen LogP contribution in [0.25, 0.3) is 0 Å². The summed E-state index contributed by atoms with van der Waals surface area (Å²) in [5, 5.41) is 25.0. The van der Waals surface area contributed by atoms with E-state index in [9.17, 15) is 5.21 Å². The van der Waals surface area contributed by atoms with Crippen LogP contribution in [0, 0.1) is 5.21 Å². The second-order valence-electron chi connectivity index (χ2n) is 8.81. The Bertz CT molecular complexity index is 853. The van der Waals surface area contributed by atoms with E-state index in [1.54, 1.807) is 11.3 Å². The van der Waals surface area contributed by atoms with Gasteiger partial charge in [0.05, 0.1) is 6.54 Å². The van der Waals surface area contributed by atoms with Crippen LogP contribution in [0.2, 0.25) is 0 Å². The predicted molar refractivity (Wildman–Crippen MR) is 128 cm³/mol. The highest BCUT2D eigenvalue weighted by molar-refractivity contribution is 7.15. The number of hydroxylamine groups is 2. The number of aromatic nitrogens is 2. The van der Waals surface area contributed by atoms with E-state index in [0.717, 1.165) is 44.0 Å². The maximum atomic E-state index is 14.4. The highest BCUT2D eigenvalue weighted by atomic mass is 32.1. The van der Waals surface area contributed by atoms with E-state index in [1.165, 1.54) is 24.8 Å². The van der Waals surface area contributed by atoms with Crippen LogP contribution in [-0.4, -0.2) is 52.5 Å². The summed E-state index contributed by atoms with van der Waals surface area (Å²) in [6.45, 7) is 8.02. The normalized spacial score (nSPS) is 25.0. The summed E-state index contributed by atoms with van der Waals surface area (Å²) in [7, 11) is 0. The zero-order valence-corrected chi connectivity index (χ0v) is 19.6. The van der Waals surface area contributed by atoms with Crippen LogP contribution in [0.3, 0.4) is 0 Å². The van der Waals surface area contributed by atoms with Crippen LogP contribution >= 0.6 is 11.3 Å². The van der Waals surface area contributed by atoms with Crippen LogP contribution in [-0.2, 0) is 6.54 Å². The summed E-state index contributed by atoms with van der Waals surface area (Å²) in [5.74, 6) is 0.516. The van der Waals surface area contributed by atoms with Crippen LogP contribution in [0.4, 0.5) is 5.13 Å². The molecule has 0 amide bonds. The fraction of sp³-hybridized carbons (Fsp3) is 0.583. The smallest absolute Gasteiger partial charge is 0.309 e. The van der Waals surface area contributed by atoms with Crippen LogP contribution in [0.15, 0.2) is 42.5 Å². The molecule has 0 radical (unpaired) electrons. The Kier molecular flexibility index (Phi) is 7.51. The first-order chi connectivity index (χ1) is 15.1. The van der Waals surface area contributed by atoms with Crippen molar-refractivity contribution in [1.29, 1.82) is 0 Å². The molecule has 1 aliphatic carbocycles. The van der Waals surface area contributed by atoms with Crippen molar-refractivity contribution in [2.75, 3.05) is 26.3 Å². The summed E-state index contributed by atoms with van der Waals surface area (Å²) in [6, 6.07) is 10.5. The Morgan fingerprint density at radius 2 is 2.06 bits per heavy atom. The molecule has 6 nitrogen and oxygen atoms in total. The van der Waals surface area contributed by atoms with E-state index in [4.69, 9.17) is 0 Å². The number of allylic oxidation sites excluding steroid dienone is 2. The number of nitrogens with zero attached hydrogens (tertiary/aromatic N) is 5. The lowest BCUT2D eigenvalue weighted by Gasteiger charge is -2.44. The van der Waals surface area contributed by atoms with Crippen molar-refractivity contribution < 1.29 is 0 Å². The van der Waals surface area contributed by atoms with E-state index in [2.05, 4.69) is 70.3 Å². The van der Waals surface area contributed by atoms with Gasteiger partial charge in [0.2, 0.25) is 0 Å². The minimum absolute atomic E-state index is 0.158. The van der Waals surface area contributed by atoms with Crippen LogP contribution in [0.5, 0.6) is 0 Å². The Labute approximate surface area is 190 Å². The molecule has 7 heteroatoms. The molecule has 0 bridgehead atoms. The fourth-order valence-electron chi connectivity index (χ4n) is 4.59. The molecule has 31 heavy (non-hydrogen) atoms. The number of unbranched alkanes of at least 4 members (excludes halogenated alkanes) is 1. The van der Waals surface area contributed by atoms with E-state index in [-0.39, 0.29) is 6.17 Å². The molecule has 2 aliphatic rings. The van der Waals surface area contributed by atoms with Gasteiger partial charge in [0.15, 0.2) is 6.17 Å². The average Bonchev–Trinajstić information content (AvgIpc) is 3.35. The molecule has 168 valence electrons. The summed E-state index contributed by atoms with van der Waals surface area (Å²) >= 11 is 1.56. The van der Waals surface area contributed by atoms with Gasteiger partial charge in [0, 0.05) is 25.6 Å². The Morgan fingerprint density at radius 1 is 1.26 bits per heavy atom. The van der Waals surface area contributed by atoms with Crippen molar-refractivity contribution >= 4 is 16.5 Å². The number of rotatable bonds is 10. The third-order valence-electron chi connectivity index (χ3n) is 6.66. The van der Waals surface area contributed by atoms with Gasteiger partial charge in [-0.25, -0.2) is 9.80 Å². The lowest BCUT2D eigenvalue weighted by Crippen LogP contribution is -2.57. The maximum absolute atomic E-state index is 14.4. The first-order valence-corrected chi connectivity index (χ1v) is 12.5. The standard InChI is InChI=1S/C24H35N5OS/c1-3-5-6-10-16-27-18-22(28(4-2)17-20-12-8-7-9-13-20)29(30,19-27)24-26-25-23(31-24)21-14-11-15-21/h3,5,7-9,12-13,21-22H,4,6,10-11,14-19H2,1-2H3. The molecule has 2 heterocycles. The summed E-state index contributed by atoms with van der Waals surface area (Å²) in [4.78, 5) is 4.66. The molecule has 1 saturated heterocycles. The lowest BCUT2D eigenvalue weighted by atomic mass is 9.86. The van der Waals surface area contributed by atoms with Gasteiger partial charge in [-0.15, -0.1) is 5.10 Å². The van der Waals surface area contributed by atoms with E-state index in [1.807, 2.05) is 6.07 Å². The first-order valence-electron chi connectivity index (χ1n) is 11.7. The fourth-order valence-corrected chi connectivity index (χ4v) is 5.67. The van der Waals surface area contributed by atoms with E-state index >= 15 is 0 Å². The van der Waals surface area contributed by atoms with Crippen molar-refractivity contribution in [3.8, 4) is 0 Å². The molecule has 1 aliphatic heterocycles. The molecule has 2 fully saturated rings. The van der Waals surface area contributed by atoms with Gasteiger partial charge in [-0.1, -0.05) is 60.9 Å². The number of hydrogen-bond acceptors (Lipinski definition) is 6. The molecule has 1 saturated carbocycles. The van der Waals surface area contributed by atoms with Gasteiger partial charge >= 0.3 is 5.13 Å². The Balaban J connectivity index is 1.56. The Morgan fingerprint density at radius 3 is 2.74 bits per heavy atom. The minimum atomic E-state index is -0.394. The zero-order chi connectivity index (χ0) is 21.7. The van der Waals surface area contributed by atoms with Gasteiger partial charge < -0.3 is 5.21 Å². The highest BCUT2D eigenvalue weighted by Crippen LogP contribution is 2.42. The van der Waals surface area contributed by atoms with E-state index in [0.29, 0.717) is 17.7 Å². The molecule has 2 unspecified atom stereocenters. The van der Waals surface area contributed by atoms with Crippen LogP contribution in [0.1, 0.15) is 62.4 Å². The van der Waals surface area contributed by atoms with Gasteiger partial charge in [-0.05, 0) is 49.5 Å². The summed E-state index contributed by atoms with van der Waals surface area (Å²) < 4.78 is -0.394. The number of likely N-dealkylation sites (N-methyl/N-ethyl adjacent to an activating group) is 1. The number of benzene rings is 1. The van der Waals surface area contributed by atoms with Crippen molar-refractivity contribution in [3.63, 3.8) is 0 Å². The molecule has 2 aromatic rings. The third-order valence-corrected chi connectivity index (χ3v) is 7.86. The SMILES string of the molecule is CC=CCCCN1CC(N(CC)Cc2ccccc2)[N+]([O-])(c2nnc(C3CCC3)s2)C1. The van der Waals surface area contributed by atoms with Gasteiger partial charge in [0.25, 0.3) is 0 Å². The summed E-state index contributed by atoms with van der Waals surface area (Å²) in [6.07, 6.45) is 9.91. The van der Waals surface area contributed by atoms with Crippen molar-refractivity contribution in [3.05, 3.63) is 58.3 Å². The van der Waals surface area contributed by atoms with Crippen molar-refractivity contribution in [2.24, 2.45) is 0 Å². The van der Waals surface area contributed by atoms with Gasteiger partial charge in [-0.3, -0.25) is 4.65 Å². The largest absolute Gasteiger partial charge is 0.623 e.